The van der Waals surface area contributed by atoms with Gasteiger partial charge in [0.2, 0.25) is 0 Å². The van der Waals surface area contributed by atoms with Crippen molar-refractivity contribution in [3.8, 4) is 0 Å². The number of esters is 1. The molecular formula is C10H7F3N2O3. The summed E-state index contributed by atoms with van der Waals surface area (Å²) in [7, 11) is 0. The average molecular weight is 260 g/mol. The third kappa shape index (κ3) is 2.70. The molecule has 8 heteroatoms. The zero-order valence-electron chi connectivity index (χ0n) is 9.11. The Hall–Kier alpha value is -2.25. The number of carbonyl (C=O) groups excluding carboxylic acids is 1. The van der Waals surface area contributed by atoms with Crippen LogP contribution in [0.15, 0.2) is 16.5 Å². The molecular weight excluding hydrogens is 253 g/mol. The molecule has 0 unspecified atom stereocenters. The topological polar surface area (TPSA) is 68.1 Å². The maximum absolute atomic E-state index is 13.7. The van der Waals surface area contributed by atoms with Crippen LogP contribution >= 0.6 is 0 Å². The molecule has 0 atom stereocenters. The Balaban J connectivity index is 3.38. The van der Waals surface area contributed by atoms with Gasteiger partial charge in [-0.1, -0.05) is 0 Å². The van der Waals surface area contributed by atoms with Crippen LogP contribution in [0.2, 0.25) is 0 Å². The predicted octanol–water partition coefficient (Wildman–Crippen LogP) is 2.38. The number of nitroso groups, excluding NO2 is 1. The summed E-state index contributed by atoms with van der Waals surface area (Å²) in [6.07, 6.45) is 0.378. The molecule has 0 aromatic heterocycles. The summed E-state index contributed by atoms with van der Waals surface area (Å²) in [5.41, 5.74) is -1.76. The summed E-state index contributed by atoms with van der Waals surface area (Å²) in [4.78, 5) is 21.0. The average Bonchev–Trinajstić information content (AvgIpc) is 2.34. The summed E-state index contributed by atoms with van der Waals surface area (Å²) >= 11 is 0. The van der Waals surface area contributed by atoms with Crippen molar-refractivity contribution in [3.05, 3.63) is 39.6 Å². The lowest BCUT2D eigenvalue weighted by Gasteiger charge is -2.06. The van der Waals surface area contributed by atoms with Gasteiger partial charge < -0.3 is 4.74 Å². The fraction of sp³-hybridized carbons (Fsp3) is 0.200. The normalized spacial score (nSPS) is 10.7. The number of halogens is 3. The van der Waals surface area contributed by atoms with E-state index in [-0.39, 0.29) is 6.61 Å². The van der Waals surface area contributed by atoms with E-state index in [2.05, 4.69) is 9.84 Å². The standard InChI is InChI=1S/C10H7F3N2O3/c1-2-18-10(16)5-3-7(11)9(13)6(8(5)12)4-14-15-17/h3-4H,2H2,1H3/b14-4-. The van der Waals surface area contributed by atoms with Gasteiger partial charge in [0, 0.05) is 0 Å². The van der Waals surface area contributed by atoms with E-state index >= 15 is 0 Å². The van der Waals surface area contributed by atoms with Crippen molar-refractivity contribution >= 4 is 12.2 Å². The van der Waals surface area contributed by atoms with Crippen molar-refractivity contribution in [2.75, 3.05) is 6.61 Å². The second-order valence-electron chi connectivity index (χ2n) is 2.99. The van der Waals surface area contributed by atoms with Crippen molar-refractivity contribution < 1.29 is 22.7 Å². The summed E-state index contributed by atoms with van der Waals surface area (Å²) in [6.45, 7) is 1.41. The second-order valence-corrected chi connectivity index (χ2v) is 2.99. The minimum atomic E-state index is -1.58. The zero-order chi connectivity index (χ0) is 13.7. The van der Waals surface area contributed by atoms with Crippen LogP contribution in [0.25, 0.3) is 0 Å². The number of benzene rings is 1. The second kappa shape index (κ2) is 5.89. The minimum absolute atomic E-state index is 0.0589. The van der Waals surface area contributed by atoms with Gasteiger partial charge >= 0.3 is 5.97 Å². The molecule has 0 radical (unpaired) electrons. The largest absolute Gasteiger partial charge is 0.462 e. The van der Waals surface area contributed by atoms with Crippen LogP contribution in [0.5, 0.6) is 0 Å². The molecule has 0 amide bonds. The van der Waals surface area contributed by atoms with Gasteiger partial charge in [-0.3, -0.25) is 0 Å². The minimum Gasteiger partial charge on any atom is -0.462 e. The molecule has 1 rings (SSSR count). The van der Waals surface area contributed by atoms with E-state index in [1.165, 1.54) is 6.92 Å². The molecule has 0 saturated carbocycles. The summed E-state index contributed by atoms with van der Waals surface area (Å²) in [6, 6.07) is 0.369. The molecule has 96 valence electrons. The quantitative estimate of drug-likeness (QED) is 0.274. The summed E-state index contributed by atoms with van der Waals surface area (Å²) < 4.78 is 44.5. The Labute approximate surface area is 99.2 Å². The zero-order valence-corrected chi connectivity index (χ0v) is 9.11. The molecule has 18 heavy (non-hydrogen) atoms. The van der Waals surface area contributed by atoms with Crippen molar-refractivity contribution in [1.29, 1.82) is 0 Å². The molecule has 5 nitrogen and oxygen atoms in total. The van der Waals surface area contributed by atoms with Gasteiger partial charge in [0.15, 0.2) is 11.6 Å². The Bertz CT molecular complexity index is 518. The fourth-order valence-electron chi connectivity index (χ4n) is 1.18. The van der Waals surface area contributed by atoms with Crippen LogP contribution in [0.3, 0.4) is 0 Å². The number of carbonyl (C=O) groups is 1. The molecule has 0 bridgehead atoms. The van der Waals surface area contributed by atoms with Crippen LogP contribution < -0.4 is 0 Å². The Morgan fingerprint density at radius 2 is 2.06 bits per heavy atom. The first kappa shape index (κ1) is 13.8. The number of rotatable bonds is 4. The van der Waals surface area contributed by atoms with Gasteiger partial charge in [0.25, 0.3) is 0 Å². The molecule has 0 aliphatic rings. The summed E-state index contributed by atoms with van der Waals surface area (Å²) in [5.74, 6) is -5.57. The van der Waals surface area contributed by atoms with Gasteiger partial charge in [-0.2, -0.15) is 0 Å². The van der Waals surface area contributed by atoms with Gasteiger partial charge in [0.1, 0.15) is 5.82 Å². The van der Waals surface area contributed by atoms with E-state index < -0.39 is 34.5 Å². The van der Waals surface area contributed by atoms with Crippen LogP contribution in [-0.4, -0.2) is 18.8 Å². The van der Waals surface area contributed by atoms with E-state index in [0.29, 0.717) is 12.3 Å². The van der Waals surface area contributed by atoms with E-state index in [9.17, 15) is 22.9 Å². The van der Waals surface area contributed by atoms with Gasteiger partial charge in [-0.05, 0) is 13.0 Å². The number of hydrogen-bond acceptors (Lipinski definition) is 4. The van der Waals surface area contributed by atoms with E-state index in [1.54, 1.807) is 0 Å². The maximum atomic E-state index is 13.7. The summed E-state index contributed by atoms with van der Waals surface area (Å²) in [5, 5.41) is 4.70. The monoisotopic (exact) mass is 260 g/mol. The van der Waals surface area contributed by atoms with Gasteiger partial charge in [-0.15, -0.1) is 10.0 Å². The molecule has 0 fully saturated rings. The lowest BCUT2D eigenvalue weighted by Crippen LogP contribution is -2.11. The Kier molecular flexibility index (Phi) is 4.52. The first-order valence-corrected chi connectivity index (χ1v) is 4.73. The van der Waals surface area contributed by atoms with Crippen molar-refractivity contribution in [1.82, 2.24) is 0 Å². The molecule has 0 aliphatic heterocycles. The van der Waals surface area contributed by atoms with Crippen molar-refractivity contribution in [3.63, 3.8) is 0 Å². The number of hydrogen-bond donors (Lipinski definition) is 0. The first-order chi connectivity index (χ1) is 8.52. The van der Waals surface area contributed by atoms with Crippen molar-refractivity contribution in [2.45, 2.75) is 6.92 Å². The van der Waals surface area contributed by atoms with Crippen LogP contribution in [0.4, 0.5) is 13.2 Å². The van der Waals surface area contributed by atoms with Crippen LogP contribution in [0, 0.1) is 22.4 Å². The first-order valence-electron chi connectivity index (χ1n) is 4.73. The SMILES string of the molecule is CCOC(=O)c1cc(F)c(F)c(/C=N\N=O)c1F. The highest BCUT2D eigenvalue weighted by atomic mass is 19.2. The fourth-order valence-corrected chi connectivity index (χ4v) is 1.18. The molecule has 0 aliphatic carbocycles. The van der Waals surface area contributed by atoms with Gasteiger partial charge in [0.05, 0.1) is 29.2 Å². The highest BCUT2D eigenvalue weighted by Gasteiger charge is 2.22. The molecule has 1 aromatic rings. The number of ether oxygens (including phenoxy) is 1. The van der Waals surface area contributed by atoms with Crippen LogP contribution in [-0.2, 0) is 4.74 Å². The molecule has 0 spiro atoms. The molecule has 0 N–H and O–H groups in total. The molecule has 0 heterocycles. The molecule has 0 saturated heterocycles. The van der Waals surface area contributed by atoms with E-state index in [0.717, 1.165) is 0 Å². The van der Waals surface area contributed by atoms with Crippen molar-refractivity contribution in [2.24, 2.45) is 10.4 Å². The Morgan fingerprint density at radius 3 is 2.61 bits per heavy atom. The van der Waals surface area contributed by atoms with Crippen LogP contribution in [0.1, 0.15) is 22.8 Å². The molecule has 1 aromatic carbocycles. The van der Waals surface area contributed by atoms with E-state index in [4.69, 9.17) is 0 Å². The highest BCUT2D eigenvalue weighted by Crippen LogP contribution is 2.19. The highest BCUT2D eigenvalue weighted by molar-refractivity contribution is 5.93. The lowest BCUT2D eigenvalue weighted by molar-refractivity contribution is 0.0520. The third-order valence-corrected chi connectivity index (χ3v) is 1.92. The number of nitrogens with zero attached hydrogens (tertiary/aromatic N) is 2. The van der Waals surface area contributed by atoms with Gasteiger partial charge in [-0.25, -0.2) is 18.0 Å². The maximum Gasteiger partial charge on any atom is 0.341 e. The van der Waals surface area contributed by atoms with E-state index in [1.807, 2.05) is 5.29 Å². The smallest absolute Gasteiger partial charge is 0.341 e. The Morgan fingerprint density at radius 1 is 1.39 bits per heavy atom. The third-order valence-electron chi connectivity index (χ3n) is 1.92. The lowest BCUT2D eigenvalue weighted by atomic mass is 10.1. The predicted molar refractivity (Wildman–Crippen MR) is 55.7 cm³/mol.